The molecule has 0 aromatic carbocycles. The summed E-state index contributed by atoms with van der Waals surface area (Å²) in [5.74, 6) is 0. The Morgan fingerprint density at radius 2 is 1.75 bits per heavy atom. The third kappa shape index (κ3) is 0.0681. The minimum Gasteiger partial charge on any atom is -0.0876 e. The van der Waals surface area contributed by atoms with Gasteiger partial charge >= 0.3 is 0 Å². The van der Waals surface area contributed by atoms with Gasteiger partial charge < -0.3 is 0 Å². The van der Waals surface area contributed by atoms with Crippen molar-refractivity contribution in [2.45, 2.75) is 6.42 Å². The molecule has 1 rings (SSSR count). The van der Waals surface area contributed by atoms with Gasteiger partial charge in [0.2, 0.25) is 0 Å². The Balaban J connectivity index is 2.47. The summed E-state index contributed by atoms with van der Waals surface area (Å²) in [4.78, 5) is 0. The fourth-order valence-electron chi connectivity index (χ4n) is 0.136. The highest BCUT2D eigenvalue weighted by molar-refractivity contribution is 5.08. The predicted octanol–water partition coefficient (Wildman–Crippen LogP) is 1.15. The van der Waals surface area contributed by atoms with E-state index in [4.69, 9.17) is 0 Å². The number of rotatable bonds is 0. The summed E-state index contributed by atoms with van der Waals surface area (Å²) < 4.78 is 0. The van der Waals surface area contributed by atoms with E-state index in [2.05, 4.69) is 18.6 Å². The van der Waals surface area contributed by atoms with Gasteiger partial charge in [-0.2, -0.15) is 0 Å². The highest BCUT2D eigenvalue weighted by atomic mass is 13.9. The van der Waals surface area contributed by atoms with Gasteiger partial charge in [-0.3, -0.25) is 0 Å². The van der Waals surface area contributed by atoms with E-state index in [1.54, 1.807) is 0 Å². The second-order valence-electron chi connectivity index (χ2n) is 0.900. The van der Waals surface area contributed by atoms with Crippen LogP contribution >= 0.6 is 0 Å². The Hall–Kier alpha value is -0.260. The van der Waals surface area contributed by atoms with E-state index in [0.29, 0.717) is 0 Å². The molecule has 4 heavy (non-hydrogen) atoms. The van der Waals surface area contributed by atoms with Crippen molar-refractivity contribution in [2.75, 3.05) is 0 Å². The van der Waals surface area contributed by atoms with E-state index in [0.717, 1.165) is 0 Å². The van der Waals surface area contributed by atoms with Crippen molar-refractivity contribution in [1.82, 2.24) is 0 Å². The van der Waals surface area contributed by atoms with Crippen LogP contribution in [0, 0.1) is 6.42 Å². The minimum absolute atomic E-state index is 1.19. The average Bonchev–Trinajstić information content (AvgIpc) is 0.722. The maximum absolute atomic E-state index is 2.12. The van der Waals surface area contributed by atoms with E-state index < -0.39 is 0 Å². The number of hydrogen-bond donors (Lipinski definition) is 0. The van der Waals surface area contributed by atoms with Crippen molar-refractivity contribution >= 4 is 0 Å². The van der Waals surface area contributed by atoms with Gasteiger partial charge in [-0.1, -0.05) is 12.2 Å². The van der Waals surface area contributed by atoms with Gasteiger partial charge in [-0.15, -0.1) is 0 Å². The molecular weight excluding hydrogens is 48.0 g/mol. The molecule has 0 heteroatoms. The van der Waals surface area contributed by atoms with E-state index in [-0.39, 0.29) is 0 Å². The Morgan fingerprint density at radius 3 is 1.75 bits per heavy atom. The molecule has 0 aliphatic heterocycles. The monoisotopic (exact) mass is 53.0 g/mol. The zero-order valence-electron chi connectivity index (χ0n) is 2.44. The fourth-order valence-corrected chi connectivity index (χ4v) is 0.136. The van der Waals surface area contributed by atoms with Crippen LogP contribution < -0.4 is 0 Å². The molecule has 0 nitrogen and oxygen atoms in total. The van der Waals surface area contributed by atoms with Gasteiger partial charge in [0.05, 0.1) is 0 Å². The van der Waals surface area contributed by atoms with Crippen LogP contribution in [0.15, 0.2) is 12.2 Å². The quantitative estimate of drug-likeness (QED) is 0.388. The van der Waals surface area contributed by atoms with Crippen molar-refractivity contribution in [2.24, 2.45) is 0 Å². The van der Waals surface area contributed by atoms with Crippen LogP contribution in [-0.2, 0) is 0 Å². The highest BCUT2D eigenvalue weighted by Gasteiger charge is 1.82. The molecule has 0 fully saturated rings. The van der Waals surface area contributed by atoms with Gasteiger partial charge in [0.15, 0.2) is 0 Å². The first kappa shape index (κ1) is 2.01. The number of allylic oxidation sites excluding steroid dienone is 2. The summed E-state index contributed by atoms with van der Waals surface area (Å²) in [5.41, 5.74) is 0. The molecule has 0 unspecified atom stereocenters. The lowest BCUT2D eigenvalue weighted by molar-refractivity contribution is 1.20. The van der Waals surface area contributed by atoms with Crippen molar-refractivity contribution in [3.63, 3.8) is 0 Å². The molecule has 0 aromatic rings. The molecule has 0 N–H and O–H groups in total. The fraction of sp³-hybridized carbons (Fsp3) is 0.250. The lowest BCUT2D eigenvalue weighted by atomic mass is 10.1. The van der Waals surface area contributed by atoms with Gasteiger partial charge in [0.1, 0.15) is 0 Å². The van der Waals surface area contributed by atoms with E-state index >= 15 is 0 Å². The van der Waals surface area contributed by atoms with Crippen LogP contribution in [0.1, 0.15) is 6.42 Å². The van der Waals surface area contributed by atoms with E-state index in [9.17, 15) is 0 Å². The third-order valence-corrected chi connectivity index (χ3v) is 0.544. The van der Waals surface area contributed by atoms with Crippen LogP contribution in [-0.4, -0.2) is 0 Å². The largest absolute Gasteiger partial charge is 0.0876 e. The smallest absolute Gasteiger partial charge is 0.0133 e. The predicted molar refractivity (Wildman–Crippen MR) is 18.1 cm³/mol. The van der Waals surface area contributed by atoms with Gasteiger partial charge in [0, 0.05) is 0 Å². The van der Waals surface area contributed by atoms with Gasteiger partial charge in [-0.05, 0) is 12.8 Å². The summed E-state index contributed by atoms with van der Waals surface area (Å²) in [6, 6.07) is 0. The molecule has 21 valence electrons. The Kier molecular flexibility index (Phi) is 0.298. The van der Waals surface area contributed by atoms with Crippen LogP contribution in [0.25, 0.3) is 0 Å². The van der Waals surface area contributed by atoms with Crippen molar-refractivity contribution < 1.29 is 0 Å². The van der Waals surface area contributed by atoms with Crippen molar-refractivity contribution in [1.29, 1.82) is 0 Å². The second kappa shape index (κ2) is 0.593. The normalized spacial score (nSPS) is 20.0. The van der Waals surface area contributed by atoms with Crippen LogP contribution in [0.2, 0.25) is 0 Å². The van der Waals surface area contributed by atoms with Crippen molar-refractivity contribution in [3.8, 4) is 0 Å². The second-order valence-corrected chi connectivity index (χ2v) is 0.900. The first-order valence-corrected chi connectivity index (χ1v) is 1.48. The zero-order chi connectivity index (χ0) is 2.83. The molecule has 0 heterocycles. The SMILES string of the molecule is [CH]1C=CC1. The maximum atomic E-state index is 2.12. The summed E-state index contributed by atoms with van der Waals surface area (Å²) in [6.07, 6.45) is 7.50. The molecule has 0 saturated carbocycles. The minimum atomic E-state index is 1.19. The molecule has 1 aliphatic rings. The summed E-state index contributed by atoms with van der Waals surface area (Å²) in [5, 5.41) is 0. The summed E-state index contributed by atoms with van der Waals surface area (Å²) in [7, 11) is 0. The van der Waals surface area contributed by atoms with Crippen molar-refractivity contribution in [3.05, 3.63) is 18.6 Å². The molecule has 0 amide bonds. The first-order valence-electron chi connectivity index (χ1n) is 1.48. The molecule has 0 saturated heterocycles. The van der Waals surface area contributed by atoms with Gasteiger partial charge in [0.25, 0.3) is 0 Å². The van der Waals surface area contributed by atoms with Gasteiger partial charge in [-0.25, -0.2) is 0 Å². The number of hydrogen-bond acceptors (Lipinski definition) is 0. The van der Waals surface area contributed by atoms with Crippen LogP contribution in [0.4, 0.5) is 0 Å². The maximum Gasteiger partial charge on any atom is -0.0133 e. The molecule has 1 aliphatic carbocycles. The topological polar surface area (TPSA) is 0 Å². The standard InChI is InChI=1S/C4H5/c1-2-4-3-1/h1-3H,4H2. The molecule has 0 spiro atoms. The first-order chi connectivity index (χ1) is 2.00. The van der Waals surface area contributed by atoms with Crippen LogP contribution in [0.3, 0.4) is 0 Å². The zero-order valence-corrected chi connectivity index (χ0v) is 2.44. The Morgan fingerprint density at radius 1 is 1.50 bits per heavy atom. The van der Waals surface area contributed by atoms with E-state index in [1.807, 2.05) is 0 Å². The third-order valence-electron chi connectivity index (χ3n) is 0.544. The molecule has 0 aromatic heterocycles. The van der Waals surface area contributed by atoms with Crippen LogP contribution in [0.5, 0.6) is 0 Å². The lowest BCUT2D eigenvalue weighted by Crippen LogP contribution is -1.73. The molecule has 0 bridgehead atoms. The summed E-state index contributed by atoms with van der Waals surface area (Å²) >= 11 is 0. The lowest BCUT2D eigenvalue weighted by Gasteiger charge is -1.91. The molecule has 1 radical (unpaired) electrons. The van der Waals surface area contributed by atoms with E-state index in [1.165, 1.54) is 6.42 Å². The summed E-state index contributed by atoms with van der Waals surface area (Å²) in [6.45, 7) is 0. The average molecular weight is 53.1 g/mol. The Labute approximate surface area is 26.1 Å². The molecular formula is C4H5. The Bertz CT molecular complexity index is 29.3. The highest BCUT2D eigenvalue weighted by Crippen LogP contribution is 2.00. The molecule has 0 atom stereocenters.